The molecule has 0 aliphatic heterocycles. The molecule has 3 N–H and O–H groups in total. The third-order valence-corrected chi connectivity index (χ3v) is 3.59. The molecule has 0 spiro atoms. The molecule has 106 valence electrons. The van der Waals surface area contributed by atoms with Crippen LogP contribution in [-0.4, -0.2) is 21.6 Å². The lowest BCUT2D eigenvalue weighted by molar-refractivity contribution is -0.120. The van der Waals surface area contributed by atoms with Gasteiger partial charge in [-0.15, -0.1) is 10.2 Å². The van der Waals surface area contributed by atoms with Crippen LogP contribution in [0, 0.1) is 13.8 Å². The van der Waals surface area contributed by atoms with Crippen molar-refractivity contribution in [1.82, 2.24) is 10.2 Å². The van der Waals surface area contributed by atoms with Gasteiger partial charge in [0.05, 0.1) is 5.54 Å². The van der Waals surface area contributed by atoms with Gasteiger partial charge in [-0.1, -0.05) is 28.5 Å². The fourth-order valence-corrected chi connectivity index (χ4v) is 2.47. The van der Waals surface area contributed by atoms with Crippen molar-refractivity contribution in [2.24, 2.45) is 5.73 Å². The van der Waals surface area contributed by atoms with Gasteiger partial charge < -0.3 is 5.73 Å². The Morgan fingerprint density at radius 3 is 2.35 bits per heavy atom. The van der Waals surface area contributed by atoms with Crippen molar-refractivity contribution in [3.63, 3.8) is 0 Å². The first-order valence-electron chi connectivity index (χ1n) is 6.28. The summed E-state index contributed by atoms with van der Waals surface area (Å²) in [4.78, 5) is 11.8. The first kappa shape index (κ1) is 14.6. The smallest absolute Gasteiger partial charge is 0.245 e. The van der Waals surface area contributed by atoms with Gasteiger partial charge in [0.1, 0.15) is 5.01 Å². The molecular formula is C14H18N4OS. The van der Waals surface area contributed by atoms with Crippen LogP contribution >= 0.6 is 11.3 Å². The summed E-state index contributed by atoms with van der Waals surface area (Å²) in [5.41, 5.74) is 8.14. The van der Waals surface area contributed by atoms with E-state index in [-0.39, 0.29) is 5.91 Å². The van der Waals surface area contributed by atoms with E-state index in [1.807, 2.05) is 26.0 Å². The average Bonchev–Trinajstić information content (AvgIpc) is 2.75. The summed E-state index contributed by atoms with van der Waals surface area (Å²) in [6.45, 7) is 7.37. The number of carbonyl (C=O) groups is 1. The monoisotopic (exact) mass is 290 g/mol. The van der Waals surface area contributed by atoms with Crippen LogP contribution in [0.15, 0.2) is 18.2 Å². The standard InChI is InChI=1S/C14H18N4OS/c1-8-5-9(2)7-10(6-8)11-17-18-13(20-11)16-12(19)14(3,4)15/h5-7H,15H2,1-4H3,(H,16,18,19). The normalized spacial score (nSPS) is 11.4. The number of aromatic nitrogens is 2. The van der Waals surface area contributed by atoms with E-state index in [1.165, 1.54) is 22.5 Å². The number of benzene rings is 1. The Hall–Kier alpha value is -1.79. The summed E-state index contributed by atoms with van der Waals surface area (Å²) in [7, 11) is 0. The van der Waals surface area contributed by atoms with Gasteiger partial charge in [0.2, 0.25) is 11.0 Å². The van der Waals surface area contributed by atoms with Crippen molar-refractivity contribution in [3.8, 4) is 10.6 Å². The van der Waals surface area contributed by atoms with E-state index in [0.29, 0.717) is 5.13 Å². The van der Waals surface area contributed by atoms with E-state index in [9.17, 15) is 4.79 Å². The number of carbonyl (C=O) groups excluding carboxylic acids is 1. The van der Waals surface area contributed by atoms with E-state index in [1.54, 1.807) is 13.8 Å². The highest BCUT2D eigenvalue weighted by Crippen LogP contribution is 2.28. The Morgan fingerprint density at radius 1 is 1.20 bits per heavy atom. The molecule has 0 saturated carbocycles. The lowest BCUT2D eigenvalue weighted by atomic mass is 10.1. The van der Waals surface area contributed by atoms with Gasteiger partial charge in [-0.25, -0.2) is 0 Å². The van der Waals surface area contributed by atoms with Crippen LogP contribution in [0.2, 0.25) is 0 Å². The van der Waals surface area contributed by atoms with Crippen LogP contribution in [-0.2, 0) is 4.79 Å². The van der Waals surface area contributed by atoms with Gasteiger partial charge in [-0.2, -0.15) is 0 Å². The molecule has 5 nitrogen and oxygen atoms in total. The van der Waals surface area contributed by atoms with Gasteiger partial charge in [0, 0.05) is 5.56 Å². The van der Waals surface area contributed by atoms with Gasteiger partial charge >= 0.3 is 0 Å². The number of nitrogens with one attached hydrogen (secondary N) is 1. The number of anilines is 1. The minimum atomic E-state index is -0.939. The molecule has 1 aromatic heterocycles. The molecule has 0 fully saturated rings. The molecule has 6 heteroatoms. The highest BCUT2D eigenvalue weighted by atomic mass is 32.1. The summed E-state index contributed by atoms with van der Waals surface area (Å²) >= 11 is 1.34. The molecular weight excluding hydrogens is 272 g/mol. The van der Waals surface area contributed by atoms with E-state index >= 15 is 0 Å². The Morgan fingerprint density at radius 2 is 1.80 bits per heavy atom. The third kappa shape index (κ3) is 3.40. The number of amides is 1. The quantitative estimate of drug-likeness (QED) is 0.910. The van der Waals surface area contributed by atoms with Crippen molar-refractivity contribution in [2.75, 3.05) is 5.32 Å². The predicted octanol–water partition coefficient (Wildman–Crippen LogP) is 2.50. The number of nitrogens with two attached hydrogens (primary N) is 1. The molecule has 0 radical (unpaired) electrons. The topological polar surface area (TPSA) is 80.9 Å². The molecule has 0 atom stereocenters. The molecule has 0 saturated heterocycles. The summed E-state index contributed by atoms with van der Waals surface area (Å²) < 4.78 is 0. The van der Waals surface area contributed by atoms with Gasteiger partial charge in [-0.3, -0.25) is 10.1 Å². The van der Waals surface area contributed by atoms with Gasteiger partial charge in [-0.05, 0) is 39.8 Å². The van der Waals surface area contributed by atoms with E-state index in [4.69, 9.17) is 5.73 Å². The minimum absolute atomic E-state index is 0.277. The molecule has 0 bridgehead atoms. The number of rotatable bonds is 3. The SMILES string of the molecule is Cc1cc(C)cc(-c2nnc(NC(=O)C(C)(C)N)s2)c1. The number of nitrogens with zero attached hydrogens (tertiary/aromatic N) is 2. The van der Waals surface area contributed by atoms with Crippen LogP contribution in [0.3, 0.4) is 0 Å². The Balaban J connectivity index is 2.23. The van der Waals surface area contributed by atoms with Crippen molar-refractivity contribution in [2.45, 2.75) is 33.2 Å². The number of aryl methyl sites for hydroxylation is 2. The summed E-state index contributed by atoms with van der Waals surface area (Å²) in [6.07, 6.45) is 0. The van der Waals surface area contributed by atoms with Crippen LogP contribution < -0.4 is 11.1 Å². The Kier molecular flexibility index (Phi) is 3.87. The zero-order valence-corrected chi connectivity index (χ0v) is 12.8. The van der Waals surface area contributed by atoms with Crippen LogP contribution in [0.25, 0.3) is 10.6 Å². The molecule has 1 aromatic carbocycles. The van der Waals surface area contributed by atoms with Crippen molar-refractivity contribution in [1.29, 1.82) is 0 Å². The molecule has 2 rings (SSSR count). The Bertz CT molecular complexity index is 623. The van der Waals surface area contributed by atoms with Crippen LogP contribution in [0.5, 0.6) is 0 Å². The van der Waals surface area contributed by atoms with Crippen LogP contribution in [0.1, 0.15) is 25.0 Å². The number of hydrogen-bond donors (Lipinski definition) is 2. The van der Waals surface area contributed by atoms with Crippen molar-refractivity contribution >= 4 is 22.4 Å². The highest BCUT2D eigenvalue weighted by Gasteiger charge is 2.23. The average molecular weight is 290 g/mol. The second-order valence-corrected chi connectivity index (χ2v) is 6.44. The molecule has 0 unspecified atom stereocenters. The summed E-state index contributed by atoms with van der Waals surface area (Å²) in [6, 6.07) is 6.20. The summed E-state index contributed by atoms with van der Waals surface area (Å²) in [5, 5.41) is 12.0. The fraction of sp³-hybridized carbons (Fsp3) is 0.357. The van der Waals surface area contributed by atoms with Gasteiger partial charge in [0.25, 0.3) is 0 Å². The van der Waals surface area contributed by atoms with E-state index in [0.717, 1.165) is 10.6 Å². The zero-order valence-electron chi connectivity index (χ0n) is 12.0. The van der Waals surface area contributed by atoms with E-state index in [2.05, 4.69) is 21.6 Å². The molecule has 1 amide bonds. The van der Waals surface area contributed by atoms with Crippen molar-refractivity contribution < 1.29 is 4.79 Å². The molecule has 20 heavy (non-hydrogen) atoms. The molecule has 0 aliphatic carbocycles. The van der Waals surface area contributed by atoms with Crippen LogP contribution in [0.4, 0.5) is 5.13 Å². The van der Waals surface area contributed by atoms with E-state index < -0.39 is 5.54 Å². The zero-order chi connectivity index (χ0) is 14.9. The third-order valence-electron chi connectivity index (χ3n) is 2.70. The lowest BCUT2D eigenvalue weighted by Crippen LogP contribution is -2.45. The first-order chi connectivity index (χ1) is 9.25. The summed E-state index contributed by atoms with van der Waals surface area (Å²) in [5.74, 6) is -0.277. The lowest BCUT2D eigenvalue weighted by Gasteiger charge is -2.15. The molecule has 2 aromatic rings. The Labute approximate surface area is 122 Å². The van der Waals surface area contributed by atoms with Gasteiger partial charge in [0.15, 0.2) is 0 Å². The second kappa shape index (κ2) is 5.30. The molecule has 1 heterocycles. The fourth-order valence-electron chi connectivity index (χ4n) is 1.75. The highest BCUT2D eigenvalue weighted by molar-refractivity contribution is 7.18. The van der Waals surface area contributed by atoms with Crippen molar-refractivity contribution in [3.05, 3.63) is 29.3 Å². The maximum atomic E-state index is 11.8. The maximum absolute atomic E-state index is 11.8. The number of hydrogen-bond acceptors (Lipinski definition) is 5. The minimum Gasteiger partial charge on any atom is -0.318 e. The first-order valence-corrected chi connectivity index (χ1v) is 7.10. The molecule has 0 aliphatic rings. The largest absolute Gasteiger partial charge is 0.318 e. The predicted molar refractivity (Wildman–Crippen MR) is 81.7 cm³/mol. The second-order valence-electron chi connectivity index (χ2n) is 5.46. The maximum Gasteiger partial charge on any atom is 0.245 e.